The van der Waals surface area contributed by atoms with Crippen molar-refractivity contribution in [3.05, 3.63) is 108 Å². The molecule has 0 radical (unpaired) electrons. The van der Waals surface area contributed by atoms with Crippen molar-refractivity contribution in [3.8, 4) is 0 Å². The number of fused-ring (bicyclic) bond motifs is 1. The molecule has 0 saturated heterocycles. The van der Waals surface area contributed by atoms with Gasteiger partial charge in [-0.25, -0.2) is 0 Å². The lowest BCUT2D eigenvalue weighted by Crippen LogP contribution is -2.34. The Bertz CT molecular complexity index is 1340. The predicted molar refractivity (Wildman–Crippen MR) is 135 cm³/mol. The van der Waals surface area contributed by atoms with Crippen LogP contribution in [0.25, 0.3) is 10.8 Å². The van der Waals surface area contributed by atoms with Gasteiger partial charge in [0.2, 0.25) is 11.8 Å². The summed E-state index contributed by atoms with van der Waals surface area (Å²) in [4.78, 5) is 37.3. The molecular formula is C28H25N3O3. The summed E-state index contributed by atoms with van der Waals surface area (Å²) in [5, 5.41) is 10.4. The Morgan fingerprint density at radius 1 is 0.735 bits per heavy atom. The summed E-state index contributed by atoms with van der Waals surface area (Å²) >= 11 is 0. The molecule has 4 aromatic rings. The van der Waals surface area contributed by atoms with Gasteiger partial charge in [-0.15, -0.1) is 0 Å². The van der Waals surface area contributed by atoms with Crippen LogP contribution in [0.2, 0.25) is 0 Å². The Labute approximate surface area is 198 Å². The molecule has 0 unspecified atom stereocenters. The van der Waals surface area contributed by atoms with Gasteiger partial charge in [-0.05, 0) is 53.1 Å². The maximum Gasteiger partial charge on any atom is 0.255 e. The van der Waals surface area contributed by atoms with Crippen molar-refractivity contribution in [2.75, 3.05) is 17.2 Å². The first-order valence-corrected chi connectivity index (χ1v) is 11.0. The van der Waals surface area contributed by atoms with Crippen molar-refractivity contribution >= 4 is 39.9 Å². The Hall–Kier alpha value is -4.45. The molecule has 3 N–H and O–H groups in total. The zero-order valence-corrected chi connectivity index (χ0v) is 18.8. The number of hydrogen-bond acceptors (Lipinski definition) is 3. The highest BCUT2D eigenvalue weighted by atomic mass is 16.2. The van der Waals surface area contributed by atoms with Crippen molar-refractivity contribution in [3.63, 3.8) is 0 Å². The summed E-state index contributed by atoms with van der Waals surface area (Å²) in [6.45, 7) is 1.71. The number of amides is 3. The molecule has 0 aliphatic rings. The van der Waals surface area contributed by atoms with Crippen LogP contribution >= 0.6 is 0 Å². The van der Waals surface area contributed by atoms with E-state index < -0.39 is 0 Å². The van der Waals surface area contributed by atoms with E-state index in [0.717, 1.165) is 21.9 Å². The molecule has 4 rings (SSSR count). The second kappa shape index (κ2) is 10.4. The molecular weight excluding hydrogens is 426 g/mol. The summed E-state index contributed by atoms with van der Waals surface area (Å²) in [7, 11) is 0. The van der Waals surface area contributed by atoms with Crippen molar-refractivity contribution in [1.29, 1.82) is 0 Å². The first-order chi connectivity index (χ1) is 16.5. The van der Waals surface area contributed by atoms with Crippen LogP contribution in [0.5, 0.6) is 0 Å². The molecule has 0 saturated carbocycles. The number of anilines is 2. The first-order valence-electron chi connectivity index (χ1n) is 11.0. The van der Waals surface area contributed by atoms with E-state index in [1.54, 1.807) is 36.4 Å². The van der Waals surface area contributed by atoms with Crippen molar-refractivity contribution < 1.29 is 14.4 Å². The monoisotopic (exact) mass is 451 g/mol. The highest BCUT2D eigenvalue weighted by Crippen LogP contribution is 2.21. The number of aryl methyl sites for hydroxylation is 1. The minimum absolute atomic E-state index is 0.149. The second-order valence-corrected chi connectivity index (χ2v) is 7.99. The molecule has 0 fully saturated rings. The van der Waals surface area contributed by atoms with Gasteiger partial charge in [0.1, 0.15) is 0 Å². The van der Waals surface area contributed by atoms with Crippen LogP contribution in [0.15, 0.2) is 91.0 Å². The minimum Gasteiger partial charge on any atom is -0.347 e. The van der Waals surface area contributed by atoms with Gasteiger partial charge < -0.3 is 16.0 Å². The van der Waals surface area contributed by atoms with Crippen LogP contribution in [0.3, 0.4) is 0 Å². The van der Waals surface area contributed by atoms with Crippen LogP contribution in [0.4, 0.5) is 11.4 Å². The molecule has 6 nitrogen and oxygen atoms in total. The highest BCUT2D eigenvalue weighted by Gasteiger charge is 2.11. The molecule has 0 aliphatic carbocycles. The second-order valence-electron chi connectivity index (χ2n) is 7.99. The average Bonchev–Trinajstić information content (AvgIpc) is 2.85. The number of carbonyl (C=O) groups is 3. The molecule has 0 aliphatic heterocycles. The van der Waals surface area contributed by atoms with Gasteiger partial charge in [-0.2, -0.15) is 0 Å². The van der Waals surface area contributed by atoms with Crippen molar-refractivity contribution in [1.82, 2.24) is 5.32 Å². The van der Waals surface area contributed by atoms with E-state index in [0.29, 0.717) is 16.9 Å². The maximum atomic E-state index is 12.5. The molecule has 0 bridgehead atoms. The zero-order valence-electron chi connectivity index (χ0n) is 18.8. The molecule has 0 aromatic heterocycles. The summed E-state index contributed by atoms with van der Waals surface area (Å²) in [5.41, 5.74) is 3.43. The van der Waals surface area contributed by atoms with Crippen LogP contribution < -0.4 is 16.0 Å². The lowest BCUT2D eigenvalue weighted by Gasteiger charge is -2.12. The molecule has 6 heteroatoms. The van der Waals surface area contributed by atoms with E-state index in [-0.39, 0.29) is 30.7 Å². The molecule has 170 valence electrons. The normalized spacial score (nSPS) is 10.5. The topological polar surface area (TPSA) is 87.3 Å². The fourth-order valence-electron chi connectivity index (χ4n) is 3.68. The van der Waals surface area contributed by atoms with E-state index in [1.807, 2.05) is 61.5 Å². The van der Waals surface area contributed by atoms with Gasteiger partial charge in [0.25, 0.3) is 5.91 Å². The van der Waals surface area contributed by atoms with Crippen LogP contribution in [-0.2, 0) is 16.0 Å². The molecule has 0 spiro atoms. The third-order valence-corrected chi connectivity index (χ3v) is 5.48. The van der Waals surface area contributed by atoms with Crippen molar-refractivity contribution in [2.24, 2.45) is 0 Å². The van der Waals surface area contributed by atoms with E-state index in [1.165, 1.54) is 0 Å². The van der Waals surface area contributed by atoms with E-state index in [4.69, 9.17) is 0 Å². The highest BCUT2D eigenvalue weighted by molar-refractivity contribution is 6.05. The zero-order chi connectivity index (χ0) is 23.9. The fourth-order valence-corrected chi connectivity index (χ4v) is 3.68. The predicted octanol–water partition coefficient (Wildman–Crippen LogP) is 4.70. The van der Waals surface area contributed by atoms with E-state index in [9.17, 15) is 14.4 Å². The standard InChI is InChI=1S/C28H25N3O3/c1-19-14-15-23(30-28(34)21-9-3-2-4-10-21)17-25(19)31-27(33)18-29-26(32)16-22-12-7-11-20-8-5-6-13-24(20)22/h2-15,17H,16,18H2,1H3,(H,29,32)(H,30,34)(H,31,33). The van der Waals surface area contributed by atoms with Crippen molar-refractivity contribution in [2.45, 2.75) is 13.3 Å². The lowest BCUT2D eigenvalue weighted by atomic mass is 10.0. The van der Waals surface area contributed by atoms with Gasteiger partial charge in [-0.3, -0.25) is 14.4 Å². The Kier molecular flexibility index (Phi) is 6.98. The van der Waals surface area contributed by atoms with Gasteiger partial charge in [0.05, 0.1) is 13.0 Å². The van der Waals surface area contributed by atoms with Gasteiger partial charge in [0.15, 0.2) is 0 Å². The number of rotatable bonds is 7. The number of benzene rings is 4. The summed E-state index contributed by atoms with van der Waals surface area (Å²) in [5.74, 6) is -0.810. The maximum absolute atomic E-state index is 12.5. The Morgan fingerprint density at radius 3 is 2.29 bits per heavy atom. The smallest absolute Gasteiger partial charge is 0.255 e. The molecule has 34 heavy (non-hydrogen) atoms. The molecule has 0 heterocycles. The van der Waals surface area contributed by atoms with Gasteiger partial charge in [-0.1, -0.05) is 66.7 Å². The minimum atomic E-state index is -0.346. The lowest BCUT2D eigenvalue weighted by molar-refractivity contribution is -0.123. The summed E-state index contributed by atoms with van der Waals surface area (Å²) in [6, 6.07) is 27.9. The SMILES string of the molecule is Cc1ccc(NC(=O)c2ccccc2)cc1NC(=O)CNC(=O)Cc1cccc2ccccc12. The third-order valence-electron chi connectivity index (χ3n) is 5.48. The van der Waals surface area contributed by atoms with Crippen LogP contribution in [-0.4, -0.2) is 24.3 Å². The van der Waals surface area contributed by atoms with Gasteiger partial charge in [0, 0.05) is 16.9 Å². The number of carbonyl (C=O) groups excluding carboxylic acids is 3. The largest absolute Gasteiger partial charge is 0.347 e. The molecule has 4 aromatic carbocycles. The number of hydrogen-bond donors (Lipinski definition) is 3. The van der Waals surface area contributed by atoms with E-state index in [2.05, 4.69) is 16.0 Å². The number of nitrogens with one attached hydrogen (secondary N) is 3. The average molecular weight is 452 g/mol. The van der Waals surface area contributed by atoms with Gasteiger partial charge >= 0.3 is 0 Å². The van der Waals surface area contributed by atoms with Crippen LogP contribution in [0.1, 0.15) is 21.5 Å². The summed E-state index contributed by atoms with van der Waals surface area (Å²) < 4.78 is 0. The van der Waals surface area contributed by atoms with E-state index >= 15 is 0 Å². The third kappa shape index (κ3) is 5.66. The Balaban J connectivity index is 1.34. The molecule has 0 atom stereocenters. The van der Waals surface area contributed by atoms with Crippen LogP contribution in [0, 0.1) is 6.92 Å². The fraction of sp³-hybridized carbons (Fsp3) is 0.107. The first kappa shape index (κ1) is 22.7. The molecule has 3 amide bonds. The quantitative estimate of drug-likeness (QED) is 0.381. The summed E-state index contributed by atoms with van der Waals surface area (Å²) in [6.07, 6.45) is 0.189. The Morgan fingerprint density at radius 2 is 1.47 bits per heavy atom.